The Labute approximate surface area is 197 Å². The Morgan fingerprint density at radius 3 is 2.62 bits per heavy atom. The molecule has 0 radical (unpaired) electrons. The van der Waals surface area contributed by atoms with Crippen LogP contribution in [0.2, 0.25) is 10.0 Å². The van der Waals surface area contributed by atoms with Gasteiger partial charge in [-0.1, -0.05) is 47.0 Å². The van der Waals surface area contributed by atoms with E-state index in [9.17, 15) is 13.2 Å². The molecule has 1 aliphatic heterocycles. The van der Waals surface area contributed by atoms with E-state index in [4.69, 9.17) is 23.2 Å². The van der Waals surface area contributed by atoms with Crippen LogP contribution < -0.4 is 5.32 Å². The van der Waals surface area contributed by atoms with E-state index in [1.807, 2.05) is 6.92 Å². The predicted molar refractivity (Wildman–Crippen MR) is 125 cm³/mol. The molecule has 1 aromatic heterocycles. The highest BCUT2D eigenvalue weighted by molar-refractivity contribution is 7.89. The number of nitrogens with zero attached hydrogens (tertiary/aromatic N) is 3. The molecule has 2 aromatic carbocycles. The quantitative estimate of drug-likeness (QED) is 0.554. The van der Waals surface area contributed by atoms with Crippen molar-refractivity contribution in [2.24, 2.45) is 0 Å². The van der Waals surface area contributed by atoms with Crippen molar-refractivity contribution in [3.05, 3.63) is 75.9 Å². The van der Waals surface area contributed by atoms with E-state index in [1.54, 1.807) is 59.4 Å². The molecule has 168 valence electrons. The zero-order valence-electron chi connectivity index (χ0n) is 17.3. The maximum absolute atomic E-state index is 13.1. The molecule has 1 amide bonds. The lowest BCUT2D eigenvalue weighted by atomic mass is 10.2. The van der Waals surface area contributed by atoms with Crippen LogP contribution in [0.15, 0.2) is 59.6 Å². The van der Waals surface area contributed by atoms with E-state index in [0.717, 1.165) is 11.1 Å². The largest absolute Gasteiger partial charge is 0.309 e. The second-order valence-corrected chi connectivity index (χ2v) is 10.4. The second-order valence-electron chi connectivity index (χ2n) is 7.69. The SMILES string of the molecule is Cc1ccc(S(=O)(=O)N2CCC[C@H]2C(=O)Nc2ccnn2Cc2ccc(Cl)cc2Cl)cc1. The molecule has 0 spiro atoms. The highest BCUT2D eigenvalue weighted by atomic mass is 35.5. The maximum Gasteiger partial charge on any atom is 0.243 e. The number of sulfonamides is 1. The molecule has 0 saturated carbocycles. The molecule has 0 unspecified atom stereocenters. The van der Waals surface area contributed by atoms with Gasteiger partial charge in [0.05, 0.1) is 17.6 Å². The molecule has 1 atom stereocenters. The Hall–Kier alpha value is -2.39. The van der Waals surface area contributed by atoms with E-state index < -0.39 is 16.1 Å². The van der Waals surface area contributed by atoms with E-state index in [-0.39, 0.29) is 10.8 Å². The van der Waals surface area contributed by atoms with Crippen molar-refractivity contribution in [1.82, 2.24) is 14.1 Å². The van der Waals surface area contributed by atoms with Crippen molar-refractivity contribution in [2.75, 3.05) is 11.9 Å². The molecule has 4 rings (SSSR count). The van der Waals surface area contributed by atoms with Gasteiger partial charge in [0, 0.05) is 22.7 Å². The monoisotopic (exact) mass is 492 g/mol. The van der Waals surface area contributed by atoms with Crippen LogP contribution in [0.25, 0.3) is 0 Å². The summed E-state index contributed by atoms with van der Waals surface area (Å²) in [5.74, 6) is 0.0720. The number of nitrogens with one attached hydrogen (secondary N) is 1. The first-order chi connectivity index (χ1) is 15.3. The van der Waals surface area contributed by atoms with Crippen molar-refractivity contribution in [3.8, 4) is 0 Å². The minimum absolute atomic E-state index is 0.185. The topological polar surface area (TPSA) is 84.3 Å². The van der Waals surface area contributed by atoms with Gasteiger partial charge in [-0.3, -0.25) is 4.79 Å². The summed E-state index contributed by atoms with van der Waals surface area (Å²) < 4.78 is 29.2. The first kappa shape index (κ1) is 22.8. The van der Waals surface area contributed by atoms with Gasteiger partial charge >= 0.3 is 0 Å². The lowest BCUT2D eigenvalue weighted by molar-refractivity contribution is -0.119. The molecule has 2 heterocycles. The van der Waals surface area contributed by atoms with Gasteiger partial charge in [0.2, 0.25) is 15.9 Å². The third-order valence-corrected chi connectivity index (χ3v) is 7.95. The fourth-order valence-electron chi connectivity index (χ4n) is 3.72. The second kappa shape index (κ2) is 9.23. The highest BCUT2D eigenvalue weighted by Gasteiger charge is 2.39. The van der Waals surface area contributed by atoms with Crippen LogP contribution in [0.1, 0.15) is 24.0 Å². The molecular formula is C22H22Cl2N4O3S. The zero-order chi connectivity index (χ0) is 22.9. The molecule has 1 N–H and O–H groups in total. The van der Waals surface area contributed by atoms with E-state index in [1.165, 1.54) is 4.31 Å². The van der Waals surface area contributed by atoms with Crippen molar-refractivity contribution in [2.45, 2.75) is 37.2 Å². The van der Waals surface area contributed by atoms with Gasteiger partial charge in [-0.25, -0.2) is 13.1 Å². The third-order valence-electron chi connectivity index (χ3n) is 5.44. The summed E-state index contributed by atoms with van der Waals surface area (Å²) in [6, 6.07) is 12.7. The number of rotatable bonds is 6. The number of hydrogen-bond acceptors (Lipinski definition) is 4. The van der Waals surface area contributed by atoms with Crippen molar-refractivity contribution in [1.29, 1.82) is 0 Å². The third kappa shape index (κ3) is 4.68. The minimum atomic E-state index is -3.78. The van der Waals surface area contributed by atoms with E-state index >= 15 is 0 Å². The smallest absolute Gasteiger partial charge is 0.243 e. The fraction of sp³-hybridized carbons (Fsp3) is 0.273. The number of carbonyl (C=O) groups is 1. The first-order valence-electron chi connectivity index (χ1n) is 10.1. The van der Waals surface area contributed by atoms with Crippen LogP contribution in [-0.2, 0) is 21.4 Å². The number of halogens is 2. The van der Waals surface area contributed by atoms with Crippen LogP contribution in [0.3, 0.4) is 0 Å². The molecule has 10 heteroatoms. The highest BCUT2D eigenvalue weighted by Crippen LogP contribution is 2.28. The molecule has 1 fully saturated rings. The average molecular weight is 493 g/mol. The molecule has 7 nitrogen and oxygen atoms in total. The summed E-state index contributed by atoms with van der Waals surface area (Å²) in [5.41, 5.74) is 1.76. The van der Waals surface area contributed by atoms with Crippen LogP contribution in [0.5, 0.6) is 0 Å². The molecular weight excluding hydrogens is 471 g/mol. The maximum atomic E-state index is 13.1. The molecule has 0 bridgehead atoms. The van der Waals surface area contributed by atoms with Crippen LogP contribution in [-0.4, -0.2) is 41.0 Å². The Bertz CT molecular complexity index is 1240. The zero-order valence-corrected chi connectivity index (χ0v) is 19.7. The number of anilines is 1. The molecule has 0 aliphatic carbocycles. The van der Waals surface area contributed by atoms with Crippen molar-refractivity contribution >= 4 is 45.0 Å². The molecule has 1 saturated heterocycles. The number of aryl methyl sites for hydroxylation is 1. The molecule has 3 aromatic rings. The Balaban J connectivity index is 1.52. The van der Waals surface area contributed by atoms with Crippen LogP contribution in [0, 0.1) is 6.92 Å². The van der Waals surface area contributed by atoms with Crippen LogP contribution in [0.4, 0.5) is 5.82 Å². The van der Waals surface area contributed by atoms with Gasteiger partial charge in [0.15, 0.2) is 0 Å². The predicted octanol–water partition coefficient (Wildman–Crippen LogP) is 4.34. The number of aromatic nitrogens is 2. The fourth-order valence-corrected chi connectivity index (χ4v) is 5.85. The molecule has 1 aliphatic rings. The van der Waals surface area contributed by atoms with E-state index in [2.05, 4.69) is 10.4 Å². The van der Waals surface area contributed by atoms with E-state index in [0.29, 0.717) is 41.8 Å². The summed E-state index contributed by atoms with van der Waals surface area (Å²) in [6.07, 6.45) is 2.63. The number of amides is 1. The summed E-state index contributed by atoms with van der Waals surface area (Å²) >= 11 is 12.2. The van der Waals surface area contributed by atoms with Crippen molar-refractivity contribution < 1.29 is 13.2 Å². The average Bonchev–Trinajstić information content (AvgIpc) is 3.40. The van der Waals surface area contributed by atoms with Gasteiger partial charge in [-0.2, -0.15) is 9.40 Å². The minimum Gasteiger partial charge on any atom is -0.309 e. The lowest BCUT2D eigenvalue weighted by Crippen LogP contribution is -2.43. The number of carbonyl (C=O) groups excluding carboxylic acids is 1. The van der Waals surface area contributed by atoms with Gasteiger partial charge < -0.3 is 5.32 Å². The van der Waals surface area contributed by atoms with Crippen molar-refractivity contribution in [3.63, 3.8) is 0 Å². The van der Waals surface area contributed by atoms with Crippen LogP contribution >= 0.6 is 23.2 Å². The van der Waals surface area contributed by atoms with Gasteiger partial charge in [-0.05, 0) is 49.6 Å². The first-order valence-corrected chi connectivity index (χ1v) is 12.3. The number of benzene rings is 2. The normalized spacial score (nSPS) is 16.9. The summed E-state index contributed by atoms with van der Waals surface area (Å²) in [5, 5.41) is 8.12. The Morgan fingerprint density at radius 1 is 1.16 bits per heavy atom. The lowest BCUT2D eigenvalue weighted by Gasteiger charge is -2.23. The standard InChI is InChI=1S/C22H22Cl2N4O3S/c1-15-4-8-18(9-5-15)32(30,31)28-12-2-3-20(28)22(29)26-21-10-11-25-27(21)14-16-6-7-17(23)13-19(16)24/h4-11,13,20H,2-3,12,14H2,1H3,(H,26,29)/t20-/m0/s1. The summed E-state index contributed by atoms with van der Waals surface area (Å²) in [6.45, 7) is 2.52. The summed E-state index contributed by atoms with van der Waals surface area (Å²) in [4.78, 5) is 13.3. The van der Waals surface area contributed by atoms with Gasteiger partial charge in [-0.15, -0.1) is 0 Å². The Morgan fingerprint density at radius 2 is 1.91 bits per heavy atom. The molecule has 32 heavy (non-hydrogen) atoms. The summed E-state index contributed by atoms with van der Waals surface area (Å²) in [7, 11) is -3.78. The van der Waals surface area contributed by atoms with Gasteiger partial charge in [0.25, 0.3) is 0 Å². The number of hydrogen-bond donors (Lipinski definition) is 1. The Kier molecular flexibility index (Phi) is 6.57. The van der Waals surface area contributed by atoms with Gasteiger partial charge in [0.1, 0.15) is 11.9 Å².